The van der Waals surface area contributed by atoms with Crippen molar-refractivity contribution in [1.29, 1.82) is 0 Å². The maximum Gasteiger partial charge on any atom is 0.232 e. The molecule has 1 aliphatic heterocycles. The van der Waals surface area contributed by atoms with Crippen LogP contribution in [0.2, 0.25) is 0 Å². The van der Waals surface area contributed by atoms with Crippen molar-refractivity contribution in [3.63, 3.8) is 0 Å². The topological polar surface area (TPSA) is 77.0 Å². The average Bonchev–Trinajstić information content (AvgIpc) is 2.77. The summed E-state index contributed by atoms with van der Waals surface area (Å²) in [7, 11) is 6.62. The number of fused-ring (bicyclic) bond motifs is 2. The number of para-hydroxylation sites is 2. The Labute approximate surface area is 175 Å². The number of aromatic nitrogens is 2. The van der Waals surface area contributed by atoms with Gasteiger partial charge < -0.3 is 19.1 Å². The number of carbonyl (C=O) groups excluding carboxylic acids is 1. The van der Waals surface area contributed by atoms with Crippen molar-refractivity contribution in [2.45, 2.75) is 6.42 Å². The Kier molecular flexibility index (Phi) is 5.31. The van der Waals surface area contributed by atoms with E-state index in [1.165, 1.54) is 0 Å². The molecule has 8 nitrogen and oxygen atoms in total. The summed E-state index contributed by atoms with van der Waals surface area (Å²) in [6, 6.07) is 11.3. The lowest BCUT2D eigenvalue weighted by Gasteiger charge is -2.34. The number of carbonyl (C=O) groups is 1. The summed E-state index contributed by atoms with van der Waals surface area (Å²) in [5.74, 6) is 2.70. The Morgan fingerprint density at radius 3 is 2.20 bits per heavy atom. The van der Waals surface area contributed by atoms with E-state index in [9.17, 15) is 4.79 Å². The minimum absolute atomic E-state index is 0.0838. The summed E-state index contributed by atoms with van der Waals surface area (Å²) in [5, 5.41) is 0. The third kappa shape index (κ3) is 3.34. The van der Waals surface area contributed by atoms with Crippen LogP contribution in [-0.4, -0.2) is 57.3 Å². The zero-order valence-electron chi connectivity index (χ0n) is 17.5. The first-order valence-corrected chi connectivity index (χ1v) is 9.63. The molecule has 0 N–H and O–H groups in total. The molecule has 30 heavy (non-hydrogen) atoms. The van der Waals surface area contributed by atoms with E-state index < -0.39 is 0 Å². The van der Waals surface area contributed by atoms with E-state index in [1.807, 2.05) is 42.3 Å². The molecule has 0 fully saturated rings. The standard InChI is InChI=1S/C22H24N4O4/c1-25-11-12-26(22-21(25)23-15-7-5-6-8-16(15)24-22)18(27)13-14-9-10-17(28-2)20(30-4)19(14)29-3/h5-10H,11-13H2,1-4H3. The van der Waals surface area contributed by atoms with Crippen molar-refractivity contribution < 1.29 is 19.0 Å². The van der Waals surface area contributed by atoms with Crippen molar-refractivity contribution in [2.75, 3.05) is 51.3 Å². The SMILES string of the molecule is COc1ccc(CC(=O)N2CCN(C)c3nc4ccccc4nc32)c(OC)c1OC. The Bertz CT molecular complexity index is 1100. The number of nitrogens with zero attached hydrogens (tertiary/aromatic N) is 4. The second-order valence-electron chi connectivity index (χ2n) is 7.00. The van der Waals surface area contributed by atoms with Gasteiger partial charge in [-0.15, -0.1) is 0 Å². The summed E-state index contributed by atoms with van der Waals surface area (Å²) in [4.78, 5) is 26.5. The van der Waals surface area contributed by atoms with Crippen LogP contribution in [0.5, 0.6) is 17.2 Å². The van der Waals surface area contributed by atoms with Gasteiger partial charge in [0, 0.05) is 25.7 Å². The highest BCUT2D eigenvalue weighted by Crippen LogP contribution is 2.40. The normalized spacial score (nSPS) is 13.2. The molecule has 0 spiro atoms. The van der Waals surface area contributed by atoms with Gasteiger partial charge >= 0.3 is 0 Å². The maximum atomic E-state index is 13.3. The van der Waals surface area contributed by atoms with Crippen LogP contribution in [0.4, 0.5) is 11.6 Å². The third-order valence-corrected chi connectivity index (χ3v) is 5.24. The van der Waals surface area contributed by atoms with Crippen LogP contribution in [-0.2, 0) is 11.2 Å². The highest BCUT2D eigenvalue weighted by Gasteiger charge is 2.29. The first kappa shape index (κ1) is 19.8. The van der Waals surface area contributed by atoms with E-state index in [0.29, 0.717) is 42.0 Å². The quantitative estimate of drug-likeness (QED) is 0.642. The molecular weight excluding hydrogens is 384 g/mol. The molecule has 8 heteroatoms. The van der Waals surface area contributed by atoms with E-state index in [0.717, 1.165) is 16.6 Å². The van der Waals surface area contributed by atoms with Crippen LogP contribution in [0.3, 0.4) is 0 Å². The van der Waals surface area contributed by atoms with Crippen LogP contribution in [0.25, 0.3) is 11.0 Å². The molecule has 0 radical (unpaired) electrons. The van der Waals surface area contributed by atoms with Crippen molar-refractivity contribution in [2.24, 2.45) is 0 Å². The Hall–Kier alpha value is -3.55. The second kappa shape index (κ2) is 8.06. The molecule has 0 bridgehead atoms. The van der Waals surface area contributed by atoms with Crippen LogP contribution in [0.15, 0.2) is 36.4 Å². The molecule has 2 aromatic carbocycles. The molecule has 0 saturated heterocycles. The second-order valence-corrected chi connectivity index (χ2v) is 7.00. The molecule has 1 aliphatic rings. The van der Waals surface area contributed by atoms with Gasteiger partial charge in [0.15, 0.2) is 23.1 Å². The highest BCUT2D eigenvalue weighted by atomic mass is 16.5. The fraction of sp³-hybridized carbons (Fsp3) is 0.318. The Balaban J connectivity index is 1.70. The molecule has 3 aromatic rings. The van der Waals surface area contributed by atoms with Gasteiger partial charge in [-0.05, 0) is 18.2 Å². The maximum absolute atomic E-state index is 13.3. The molecule has 0 aliphatic carbocycles. The summed E-state index contributed by atoms with van der Waals surface area (Å²) in [6.07, 6.45) is 0.140. The zero-order chi connectivity index (χ0) is 21.3. The number of anilines is 2. The van der Waals surface area contributed by atoms with E-state index in [4.69, 9.17) is 24.2 Å². The predicted octanol–water partition coefficient (Wildman–Crippen LogP) is 2.68. The third-order valence-electron chi connectivity index (χ3n) is 5.24. The summed E-state index contributed by atoms with van der Waals surface area (Å²) in [5.41, 5.74) is 2.28. The first-order valence-electron chi connectivity index (χ1n) is 9.63. The number of ether oxygens (including phenoxy) is 3. The lowest BCUT2D eigenvalue weighted by molar-refractivity contribution is -0.118. The largest absolute Gasteiger partial charge is 0.493 e. The van der Waals surface area contributed by atoms with Crippen molar-refractivity contribution in [3.05, 3.63) is 42.0 Å². The van der Waals surface area contributed by atoms with Crippen molar-refractivity contribution >= 4 is 28.6 Å². The predicted molar refractivity (Wildman–Crippen MR) is 115 cm³/mol. The molecule has 2 heterocycles. The van der Waals surface area contributed by atoms with Crippen LogP contribution < -0.4 is 24.0 Å². The van der Waals surface area contributed by atoms with Gasteiger partial charge in [0.2, 0.25) is 11.7 Å². The number of benzene rings is 2. The lowest BCUT2D eigenvalue weighted by atomic mass is 10.1. The van der Waals surface area contributed by atoms with E-state index >= 15 is 0 Å². The number of amides is 1. The van der Waals surface area contributed by atoms with Crippen molar-refractivity contribution in [3.8, 4) is 17.2 Å². The number of hydrogen-bond donors (Lipinski definition) is 0. The smallest absolute Gasteiger partial charge is 0.232 e. The fourth-order valence-corrected chi connectivity index (χ4v) is 3.68. The van der Waals surface area contributed by atoms with Gasteiger partial charge in [-0.25, -0.2) is 9.97 Å². The Morgan fingerprint density at radius 2 is 1.57 bits per heavy atom. The summed E-state index contributed by atoms with van der Waals surface area (Å²) in [6.45, 7) is 1.21. The van der Waals surface area contributed by atoms with E-state index in [1.54, 1.807) is 32.3 Å². The first-order chi connectivity index (χ1) is 14.6. The minimum Gasteiger partial charge on any atom is -0.493 e. The number of likely N-dealkylation sites (N-methyl/N-ethyl adjacent to an activating group) is 1. The van der Waals surface area contributed by atoms with E-state index in [2.05, 4.69) is 0 Å². The van der Waals surface area contributed by atoms with Gasteiger partial charge in [0.05, 0.1) is 38.8 Å². The summed E-state index contributed by atoms with van der Waals surface area (Å²) >= 11 is 0. The molecule has 1 amide bonds. The molecule has 0 atom stereocenters. The fourth-order valence-electron chi connectivity index (χ4n) is 3.68. The van der Waals surface area contributed by atoms with Gasteiger partial charge in [0.25, 0.3) is 0 Å². The van der Waals surface area contributed by atoms with Gasteiger partial charge in [-0.3, -0.25) is 9.69 Å². The molecular formula is C22H24N4O4. The number of methoxy groups -OCH3 is 3. The van der Waals surface area contributed by atoms with E-state index in [-0.39, 0.29) is 12.3 Å². The lowest BCUT2D eigenvalue weighted by Crippen LogP contribution is -2.44. The van der Waals surface area contributed by atoms with Gasteiger partial charge in [0.1, 0.15) is 0 Å². The van der Waals surface area contributed by atoms with Gasteiger partial charge in [-0.1, -0.05) is 18.2 Å². The highest BCUT2D eigenvalue weighted by molar-refractivity contribution is 5.98. The summed E-state index contributed by atoms with van der Waals surface area (Å²) < 4.78 is 16.3. The monoisotopic (exact) mass is 408 g/mol. The molecule has 0 unspecified atom stereocenters. The number of hydrogen-bond acceptors (Lipinski definition) is 7. The van der Waals surface area contributed by atoms with Crippen LogP contribution in [0.1, 0.15) is 5.56 Å². The molecule has 0 saturated carbocycles. The average molecular weight is 408 g/mol. The van der Waals surface area contributed by atoms with Crippen LogP contribution >= 0.6 is 0 Å². The van der Waals surface area contributed by atoms with Gasteiger partial charge in [-0.2, -0.15) is 0 Å². The molecule has 156 valence electrons. The Morgan fingerprint density at radius 1 is 0.900 bits per heavy atom. The minimum atomic E-state index is -0.0838. The van der Waals surface area contributed by atoms with Crippen LogP contribution in [0, 0.1) is 0 Å². The number of rotatable bonds is 5. The molecule has 4 rings (SSSR count). The van der Waals surface area contributed by atoms with Crippen molar-refractivity contribution in [1.82, 2.24) is 9.97 Å². The zero-order valence-corrected chi connectivity index (χ0v) is 17.5. The molecule has 1 aromatic heterocycles.